The SMILES string of the molecule is CCc1nn(CC)c(CC(=O)Cc2cccc(Cl)c2)c1Br. The molecule has 0 bridgehead atoms. The molecule has 21 heavy (non-hydrogen) atoms. The number of ketones is 1. The van der Waals surface area contributed by atoms with E-state index in [1.807, 2.05) is 35.9 Å². The van der Waals surface area contributed by atoms with Crippen LogP contribution in [0.15, 0.2) is 28.7 Å². The van der Waals surface area contributed by atoms with E-state index in [-0.39, 0.29) is 5.78 Å². The molecule has 0 saturated carbocycles. The van der Waals surface area contributed by atoms with Gasteiger partial charge in [-0.1, -0.05) is 30.7 Å². The Labute approximate surface area is 138 Å². The average molecular weight is 370 g/mol. The first-order chi connectivity index (χ1) is 10.0. The highest BCUT2D eigenvalue weighted by molar-refractivity contribution is 9.10. The molecule has 0 saturated heterocycles. The van der Waals surface area contributed by atoms with E-state index in [9.17, 15) is 4.79 Å². The number of Topliss-reactive ketones (excluding diaryl/α,β-unsaturated/α-hetero) is 1. The van der Waals surface area contributed by atoms with Gasteiger partial charge in [-0.3, -0.25) is 9.48 Å². The normalized spacial score (nSPS) is 10.9. The number of hydrogen-bond donors (Lipinski definition) is 0. The van der Waals surface area contributed by atoms with Crippen LogP contribution in [0.4, 0.5) is 0 Å². The summed E-state index contributed by atoms with van der Waals surface area (Å²) in [5.41, 5.74) is 2.91. The minimum absolute atomic E-state index is 0.162. The van der Waals surface area contributed by atoms with Gasteiger partial charge in [0, 0.05) is 24.4 Å². The zero-order valence-corrected chi connectivity index (χ0v) is 14.5. The maximum Gasteiger partial charge on any atom is 0.143 e. The van der Waals surface area contributed by atoms with Gasteiger partial charge >= 0.3 is 0 Å². The zero-order chi connectivity index (χ0) is 15.4. The number of aryl methyl sites for hydroxylation is 2. The molecule has 1 aromatic carbocycles. The van der Waals surface area contributed by atoms with E-state index in [4.69, 9.17) is 11.6 Å². The number of carbonyl (C=O) groups is 1. The summed E-state index contributed by atoms with van der Waals surface area (Å²) in [6.07, 6.45) is 1.63. The summed E-state index contributed by atoms with van der Waals surface area (Å²) in [4.78, 5) is 12.3. The Morgan fingerprint density at radius 2 is 2.10 bits per heavy atom. The third kappa shape index (κ3) is 3.95. The summed E-state index contributed by atoms with van der Waals surface area (Å²) >= 11 is 9.52. The molecule has 0 fully saturated rings. The first-order valence-corrected chi connectivity index (χ1v) is 8.22. The molecule has 112 valence electrons. The van der Waals surface area contributed by atoms with Crippen molar-refractivity contribution >= 4 is 33.3 Å². The minimum Gasteiger partial charge on any atom is -0.299 e. The van der Waals surface area contributed by atoms with Crippen LogP contribution in [0.3, 0.4) is 0 Å². The Bertz CT molecular complexity index is 652. The summed E-state index contributed by atoms with van der Waals surface area (Å²) in [5, 5.41) is 5.18. The average Bonchev–Trinajstić information content (AvgIpc) is 2.75. The van der Waals surface area contributed by atoms with Gasteiger partial charge in [-0.2, -0.15) is 5.10 Å². The number of benzene rings is 1. The molecule has 3 nitrogen and oxygen atoms in total. The Hall–Kier alpha value is -1.13. The lowest BCUT2D eigenvalue weighted by Crippen LogP contribution is -2.12. The highest BCUT2D eigenvalue weighted by Crippen LogP contribution is 2.23. The molecular weight excluding hydrogens is 352 g/mol. The molecule has 2 aromatic rings. The second-order valence-electron chi connectivity index (χ2n) is 4.90. The number of halogens is 2. The van der Waals surface area contributed by atoms with E-state index < -0.39 is 0 Å². The lowest BCUT2D eigenvalue weighted by atomic mass is 10.1. The van der Waals surface area contributed by atoms with Gasteiger partial charge in [-0.05, 0) is 47.0 Å². The molecule has 0 N–H and O–H groups in total. The molecule has 1 aromatic heterocycles. The van der Waals surface area contributed by atoms with Crippen LogP contribution >= 0.6 is 27.5 Å². The summed E-state index contributed by atoms with van der Waals surface area (Å²) < 4.78 is 2.87. The summed E-state index contributed by atoms with van der Waals surface area (Å²) in [6.45, 7) is 4.85. The smallest absolute Gasteiger partial charge is 0.143 e. The predicted octanol–water partition coefficient (Wildman–Crippen LogP) is 4.24. The van der Waals surface area contributed by atoms with E-state index in [1.54, 1.807) is 0 Å². The van der Waals surface area contributed by atoms with Crippen molar-refractivity contribution < 1.29 is 4.79 Å². The molecule has 0 amide bonds. The summed E-state index contributed by atoms with van der Waals surface area (Å²) in [6, 6.07) is 7.44. The van der Waals surface area contributed by atoms with Crippen molar-refractivity contribution in [2.45, 2.75) is 39.7 Å². The highest BCUT2D eigenvalue weighted by atomic mass is 79.9. The lowest BCUT2D eigenvalue weighted by molar-refractivity contribution is -0.117. The third-order valence-electron chi connectivity index (χ3n) is 3.35. The van der Waals surface area contributed by atoms with Gasteiger partial charge in [0.2, 0.25) is 0 Å². The number of hydrogen-bond acceptors (Lipinski definition) is 2. The molecule has 0 atom stereocenters. The van der Waals surface area contributed by atoms with E-state index in [1.165, 1.54) is 0 Å². The van der Waals surface area contributed by atoms with Crippen LogP contribution in [0, 0.1) is 0 Å². The third-order valence-corrected chi connectivity index (χ3v) is 4.50. The maximum atomic E-state index is 12.3. The van der Waals surface area contributed by atoms with Gasteiger partial charge in [0.15, 0.2) is 0 Å². The van der Waals surface area contributed by atoms with Crippen molar-refractivity contribution in [2.24, 2.45) is 0 Å². The standard InChI is InChI=1S/C16H18BrClN2O/c1-3-14-16(17)15(20(4-2)19-14)10-13(21)9-11-6-5-7-12(18)8-11/h5-8H,3-4,9-10H2,1-2H3. The monoisotopic (exact) mass is 368 g/mol. The van der Waals surface area contributed by atoms with E-state index in [0.29, 0.717) is 17.9 Å². The van der Waals surface area contributed by atoms with Crippen molar-refractivity contribution in [3.05, 3.63) is 50.7 Å². The number of rotatable bonds is 6. The molecule has 0 aliphatic carbocycles. The number of aromatic nitrogens is 2. The first-order valence-electron chi connectivity index (χ1n) is 7.05. The van der Waals surface area contributed by atoms with E-state index in [2.05, 4.69) is 28.0 Å². The molecule has 2 rings (SSSR count). The molecule has 0 aliphatic rings. The zero-order valence-electron chi connectivity index (χ0n) is 12.2. The van der Waals surface area contributed by atoms with Crippen LogP contribution < -0.4 is 0 Å². The van der Waals surface area contributed by atoms with E-state index in [0.717, 1.165) is 34.4 Å². The Balaban J connectivity index is 2.14. The number of carbonyl (C=O) groups excluding carboxylic acids is 1. The van der Waals surface area contributed by atoms with Crippen LogP contribution in [0.2, 0.25) is 5.02 Å². The second kappa shape index (κ2) is 7.23. The first kappa shape index (κ1) is 16.2. The van der Waals surface area contributed by atoms with Crippen molar-refractivity contribution in [1.29, 1.82) is 0 Å². The Morgan fingerprint density at radius 1 is 1.33 bits per heavy atom. The minimum atomic E-state index is 0.162. The van der Waals surface area contributed by atoms with Crippen molar-refractivity contribution in [3.8, 4) is 0 Å². The Morgan fingerprint density at radius 3 is 2.71 bits per heavy atom. The topological polar surface area (TPSA) is 34.9 Å². The lowest BCUT2D eigenvalue weighted by Gasteiger charge is -2.05. The predicted molar refractivity (Wildman–Crippen MR) is 88.8 cm³/mol. The molecule has 0 aliphatic heterocycles. The molecular formula is C16H18BrClN2O. The van der Waals surface area contributed by atoms with Crippen LogP contribution in [-0.2, 0) is 30.6 Å². The fraction of sp³-hybridized carbons (Fsp3) is 0.375. The number of nitrogens with zero attached hydrogens (tertiary/aromatic N) is 2. The summed E-state index contributed by atoms with van der Waals surface area (Å²) in [5.74, 6) is 0.162. The molecule has 5 heteroatoms. The van der Waals surface area contributed by atoms with Gasteiger partial charge in [0.1, 0.15) is 5.78 Å². The van der Waals surface area contributed by atoms with Gasteiger partial charge < -0.3 is 0 Å². The quantitative estimate of drug-likeness (QED) is 0.763. The van der Waals surface area contributed by atoms with Crippen molar-refractivity contribution in [3.63, 3.8) is 0 Å². The fourth-order valence-electron chi connectivity index (χ4n) is 2.31. The molecule has 0 spiro atoms. The fourth-order valence-corrected chi connectivity index (χ4v) is 3.23. The highest BCUT2D eigenvalue weighted by Gasteiger charge is 2.17. The molecule has 1 heterocycles. The second-order valence-corrected chi connectivity index (χ2v) is 6.13. The van der Waals surface area contributed by atoms with Crippen LogP contribution in [0.1, 0.15) is 30.8 Å². The summed E-state index contributed by atoms with van der Waals surface area (Å²) in [7, 11) is 0. The Kier molecular flexibility index (Phi) is 5.59. The van der Waals surface area contributed by atoms with Crippen LogP contribution in [0.25, 0.3) is 0 Å². The van der Waals surface area contributed by atoms with Gasteiger partial charge in [-0.25, -0.2) is 0 Å². The molecule has 0 unspecified atom stereocenters. The molecule has 0 radical (unpaired) electrons. The van der Waals surface area contributed by atoms with Gasteiger partial charge in [-0.15, -0.1) is 0 Å². The van der Waals surface area contributed by atoms with Gasteiger partial charge in [0.25, 0.3) is 0 Å². The van der Waals surface area contributed by atoms with Crippen LogP contribution in [-0.4, -0.2) is 15.6 Å². The maximum absolute atomic E-state index is 12.3. The largest absolute Gasteiger partial charge is 0.299 e. The van der Waals surface area contributed by atoms with Crippen molar-refractivity contribution in [1.82, 2.24) is 9.78 Å². The van der Waals surface area contributed by atoms with Crippen LogP contribution in [0.5, 0.6) is 0 Å². The van der Waals surface area contributed by atoms with E-state index >= 15 is 0 Å². The van der Waals surface area contributed by atoms with Crippen molar-refractivity contribution in [2.75, 3.05) is 0 Å². The van der Waals surface area contributed by atoms with Gasteiger partial charge in [0.05, 0.1) is 15.9 Å².